The van der Waals surface area contributed by atoms with Crippen LogP contribution in [0.5, 0.6) is 5.75 Å². The fourth-order valence-electron chi connectivity index (χ4n) is 2.41. The summed E-state index contributed by atoms with van der Waals surface area (Å²) in [6.07, 6.45) is 1.21. The van der Waals surface area contributed by atoms with Crippen LogP contribution in [-0.4, -0.2) is 49.3 Å². The van der Waals surface area contributed by atoms with Crippen LogP contribution in [0.2, 0.25) is 0 Å². The zero-order valence-electron chi connectivity index (χ0n) is 13.8. The van der Waals surface area contributed by atoms with Crippen LogP contribution in [0.15, 0.2) is 18.2 Å². The molecule has 2 amide bonds. The van der Waals surface area contributed by atoms with Crippen LogP contribution in [0.1, 0.15) is 19.8 Å². The van der Waals surface area contributed by atoms with Gasteiger partial charge < -0.3 is 24.8 Å². The Morgan fingerprint density at radius 2 is 2.04 bits per heavy atom. The zero-order chi connectivity index (χ0) is 17.9. The number of carbonyl (C=O) groups excluding carboxylic acids is 2. The van der Waals surface area contributed by atoms with E-state index in [1.165, 1.54) is 14.0 Å². The number of anilines is 2. The molecule has 0 aliphatic carbocycles. The number of rotatable bonds is 6. The highest BCUT2D eigenvalue weighted by atomic mass is 16.5. The maximum absolute atomic E-state index is 12.2. The molecule has 1 aromatic carbocycles. The van der Waals surface area contributed by atoms with E-state index in [1.54, 1.807) is 23.1 Å². The molecule has 130 valence electrons. The lowest BCUT2D eigenvalue weighted by Gasteiger charge is -2.23. The van der Waals surface area contributed by atoms with Crippen molar-refractivity contribution in [3.8, 4) is 5.75 Å². The third-order valence-corrected chi connectivity index (χ3v) is 4.05. The van der Waals surface area contributed by atoms with Gasteiger partial charge >= 0.3 is 5.97 Å². The quantitative estimate of drug-likeness (QED) is 0.758. The van der Waals surface area contributed by atoms with Gasteiger partial charge in [-0.1, -0.05) is 0 Å². The van der Waals surface area contributed by atoms with E-state index < -0.39 is 17.5 Å². The molecule has 1 aliphatic heterocycles. The minimum absolute atomic E-state index is 0.0240. The summed E-state index contributed by atoms with van der Waals surface area (Å²) < 4.78 is 10.1. The molecule has 0 aromatic heterocycles. The van der Waals surface area contributed by atoms with Crippen molar-refractivity contribution in [3.05, 3.63) is 18.2 Å². The van der Waals surface area contributed by atoms with Gasteiger partial charge in [0.15, 0.2) is 0 Å². The monoisotopic (exact) mass is 336 g/mol. The Kier molecular flexibility index (Phi) is 5.08. The Morgan fingerprint density at radius 3 is 2.54 bits per heavy atom. The molecule has 0 bridgehead atoms. The second-order valence-corrected chi connectivity index (χ2v) is 5.53. The molecule has 1 heterocycles. The summed E-state index contributed by atoms with van der Waals surface area (Å²) in [5.41, 5.74) is -1.13. The van der Waals surface area contributed by atoms with Gasteiger partial charge in [-0.25, -0.2) is 4.79 Å². The number of carboxylic acids is 1. The van der Waals surface area contributed by atoms with Gasteiger partial charge in [-0.3, -0.25) is 9.59 Å². The number of carbonyl (C=O) groups is 3. The van der Waals surface area contributed by atoms with Crippen molar-refractivity contribution in [2.75, 3.05) is 31.0 Å². The number of amides is 2. The summed E-state index contributed by atoms with van der Waals surface area (Å²) in [5.74, 6) is -1.74. The number of benzene rings is 1. The number of nitrogens with one attached hydrogen (secondary N) is 1. The normalized spacial score (nSPS) is 16.6. The van der Waals surface area contributed by atoms with Crippen LogP contribution in [0.25, 0.3) is 0 Å². The maximum atomic E-state index is 12.2. The van der Waals surface area contributed by atoms with Crippen LogP contribution in [0.3, 0.4) is 0 Å². The molecule has 1 fully saturated rings. The van der Waals surface area contributed by atoms with Crippen molar-refractivity contribution in [2.45, 2.75) is 25.4 Å². The molecule has 1 atom stereocenters. The highest BCUT2D eigenvalue weighted by Crippen LogP contribution is 2.34. The van der Waals surface area contributed by atoms with Gasteiger partial charge in [-0.15, -0.1) is 0 Å². The predicted octanol–water partition coefficient (Wildman–Crippen LogP) is 1.25. The van der Waals surface area contributed by atoms with E-state index in [-0.39, 0.29) is 5.91 Å². The predicted molar refractivity (Wildman–Crippen MR) is 86.3 cm³/mol. The van der Waals surface area contributed by atoms with E-state index in [2.05, 4.69) is 5.32 Å². The third-order valence-electron chi connectivity index (χ3n) is 4.05. The maximum Gasteiger partial charge on any atom is 0.345 e. The summed E-state index contributed by atoms with van der Waals surface area (Å²) in [7, 11) is 2.64. The van der Waals surface area contributed by atoms with Gasteiger partial charge in [-0.2, -0.15) is 0 Å². The molecule has 1 unspecified atom stereocenters. The SMILES string of the molecule is COc1ccc(NC(=O)C(C)(OC)C(=O)O)cc1N1CCCC1=O. The fraction of sp³-hybridized carbons (Fsp3) is 0.438. The first-order valence-corrected chi connectivity index (χ1v) is 7.42. The number of ether oxygens (including phenoxy) is 2. The van der Waals surface area contributed by atoms with Crippen molar-refractivity contribution < 1.29 is 29.0 Å². The smallest absolute Gasteiger partial charge is 0.345 e. The number of aliphatic carboxylic acids is 1. The number of nitrogens with zero attached hydrogens (tertiary/aromatic N) is 1. The highest BCUT2D eigenvalue weighted by Gasteiger charge is 2.42. The average molecular weight is 336 g/mol. The van der Waals surface area contributed by atoms with Gasteiger partial charge in [-0.05, 0) is 31.5 Å². The first kappa shape index (κ1) is 17.7. The van der Waals surface area contributed by atoms with Gasteiger partial charge in [0, 0.05) is 25.8 Å². The lowest BCUT2D eigenvalue weighted by molar-refractivity contribution is -0.165. The third kappa shape index (κ3) is 3.18. The second-order valence-electron chi connectivity index (χ2n) is 5.53. The molecule has 1 aliphatic rings. The van der Waals surface area contributed by atoms with E-state index in [0.29, 0.717) is 30.1 Å². The van der Waals surface area contributed by atoms with E-state index in [1.807, 2.05) is 0 Å². The van der Waals surface area contributed by atoms with Crippen LogP contribution < -0.4 is 15.0 Å². The summed E-state index contributed by atoms with van der Waals surface area (Å²) in [4.78, 5) is 37.0. The molecule has 24 heavy (non-hydrogen) atoms. The molecule has 8 nitrogen and oxygen atoms in total. The topological polar surface area (TPSA) is 105 Å². The lowest BCUT2D eigenvalue weighted by atomic mass is 10.1. The van der Waals surface area contributed by atoms with Gasteiger partial charge in [0.25, 0.3) is 5.91 Å². The van der Waals surface area contributed by atoms with Crippen molar-refractivity contribution in [1.82, 2.24) is 0 Å². The van der Waals surface area contributed by atoms with Gasteiger partial charge in [0.2, 0.25) is 11.5 Å². The Balaban J connectivity index is 2.30. The van der Waals surface area contributed by atoms with Gasteiger partial charge in [0.05, 0.1) is 12.8 Å². The standard InChI is InChI=1S/C16H20N2O6/c1-16(24-3,15(21)22)14(20)17-10-6-7-12(23-2)11(9-10)18-8-4-5-13(18)19/h6-7,9H,4-5,8H2,1-3H3,(H,17,20)(H,21,22). The molecule has 1 saturated heterocycles. The van der Waals surface area contributed by atoms with E-state index >= 15 is 0 Å². The molecule has 2 N–H and O–H groups in total. The Labute approximate surface area is 139 Å². The van der Waals surface area contributed by atoms with Crippen molar-refractivity contribution >= 4 is 29.2 Å². The van der Waals surface area contributed by atoms with Crippen molar-refractivity contribution in [3.63, 3.8) is 0 Å². The van der Waals surface area contributed by atoms with Crippen molar-refractivity contribution in [2.24, 2.45) is 0 Å². The number of hydrogen-bond acceptors (Lipinski definition) is 5. The largest absolute Gasteiger partial charge is 0.495 e. The zero-order valence-corrected chi connectivity index (χ0v) is 13.8. The van der Waals surface area contributed by atoms with Crippen molar-refractivity contribution in [1.29, 1.82) is 0 Å². The number of methoxy groups -OCH3 is 2. The molecule has 0 radical (unpaired) electrons. The minimum atomic E-state index is -2.01. The molecule has 1 aromatic rings. The first-order valence-electron chi connectivity index (χ1n) is 7.42. The van der Waals surface area contributed by atoms with E-state index in [9.17, 15) is 14.4 Å². The summed E-state index contributed by atoms with van der Waals surface area (Å²) in [5, 5.41) is 11.7. The van der Waals surface area contributed by atoms with Gasteiger partial charge in [0.1, 0.15) is 5.75 Å². The molecule has 8 heteroatoms. The molecular formula is C16H20N2O6. The van der Waals surface area contributed by atoms with Crippen LogP contribution in [0, 0.1) is 0 Å². The molecule has 0 spiro atoms. The summed E-state index contributed by atoms with van der Waals surface area (Å²) in [6, 6.07) is 4.76. The van der Waals surface area contributed by atoms with E-state index in [0.717, 1.165) is 13.5 Å². The average Bonchev–Trinajstić information content (AvgIpc) is 2.99. The molecule has 0 saturated carbocycles. The Hall–Kier alpha value is -2.61. The fourth-order valence-corrected chi connectivity index (χ4v) is 2.41. The van der Waals surface area contributed by atoms with Crippen LogP contribution >= 0.6 is 0 Å². The Morgan fingerprint density at radius 1 is 1.33 bits per heavy atom. The molecule has 2 rings (SSSR count). The summed E-state index contributed by atoms with van der Waals surface area (Å²) >= 11 is 0. The lowest BCUT2D eigenvalue weighted by Crippen LogP contribution is -2.48. The Bertz CT molecular complexity index is 675. The first-order chi connectivity index (χ1) is 11.3. The number of hydrogen-bond donors (Lipinski definition) is 2. The second kappa shape index (κ2) is 6.88. The minimum Gasteiger partial charge on any atom is -0.495 e. The number of carboxylic acid groups (broad SMARTS) is 1. The highest BCUT2D eigenvalue weighted by molar-refractivity contribution is 6.11. The molecular weight excluding hydrogens is 316 g/mol. The van der Waals surface area contributed by atoms with Crippen LogP contribution in [0.4, 0.5) is 11.4 Å². The summed E-state index contributed by atoms with van der Waals surface area (Å²) in [6.45, 7) is 1.73. The van der Waals surface area contributed by atoms with Crippen LogP contribution in [-0.2, 0) is 19.1 Å². The van der Waals surface area contributed by atoms with E-state index in [4.69, 9.17) is 14.6 Å².